The monoisotopic (exact) mass is 358 g/mol. The van der Waals surface area contributed by atoms with E-state index >= 15 is 0 Å². The Morgan fingerprint density at radius 1 is 1.19 bits per heavy atom. The number of ketones is 2. The molecule has 0 aromatic carbocycles. The summed E-state index contributed by atoms with van der Waals surface area (Å²) >= 11 is 0. The summed E-state index contributed by atoms with van der Waals surface area (Å²) in [5.41, 5.74) is 0.771. The van der Waals surface area contributed by atoms with Gasteiger partial charge >= 0.3 is 5.97 Å². The van der Waals surface area contributed by atoms with Crippen molar-refractivity contribution in [2.75, 3.05) is 0 Å². The van der Waals surface area contributed by atoms with Crippen LogP contribution in [0.3, 0.4) is 0 Å². The van der Waals surface area contributed by atoms with Gasteiger partial charge in [-0.2, -0.15) is 0 Å². The summed E-state index contributed by atoms with van der Waals surface area (Å²) in [5, 5.41) is 11.9. The summed E-state index contributed by atoms with van der Waals surface area (Å²) < 4.78 is 5.36. The Hall–Kier alpha value is -2.01. The Balaban J connectivity index is 2.23. The number of rotatable bonds is 1. The van der Waals surface area contributed by atoms with Crippen molar-refractivity contribution in [3.05, 3.63) is 34.6 Å². The summed E-state index contributed by atoms with van der Waals surface area (Å²) in [6.07, 6.45) is 4.05. The molecule has 1 N–H and O–H groups in total. The number of hydrogen-bond donors (Lipinski definition) is 1. The number of carbonyl (C=O) groups excluding carboxylic acids is 3. The minimum absolute atomic E-state index is 0.00840. The molecule has 0 amide bonds. The highest BCUT2D eigenvalue weighted by Gasteiger charge is 2.59. The first-order valence-electron chi connectivity index (χ1n) is 9.12. The van der Waals surface area contributed by atoms with Crippen molar-refractivity contribution >= 4 is 17.5 Å². The predicted molar refractivity (Wildman–Crippen MR) is 95.8 cm³/mol. The molecule has 3 rings (SSSR count). The lowest BCUT2D eigenvalue weighted by Crippen LogP contribution is -2.55. The number of carbonyl (C=O) groups is 3. The highest BCUT2D eigenvalue weighted by Crippen LogP contribution is 2.54. The molecule has 0 unspecified atom stereocenters. The van der Waals surface area contributed by atoms with Crippen LogP contribution in [-0.4, -0.2) is 28.2 Å². The zero-order valence-corrected chi connectivity index (χ0v) is 16.0. The van der Waals surface area contributed by atoms with Gasteiger partial charge in [0.15, 0.2) is 11.6 Å². The summed E-state index contributed by atoms with van der Waals surface area (Å²) in [7, 11) is 0. The minimum Gasteiger partial charge on any atom is -0.432 e. The van der Waals surface area contributed by atoms with Crippen molar-refractivity contribution in [1.29, 1.82) is 0 Å². The van der Waals surface area contributed by atoms with Crippen molar-refractivity contribution in [3.8, 4) is 0 Å². The van der Waals surface area contributed by atoms with E-state index < -0.39 is 29.3 Å². The van der Waals surface area contributed by atoms with Crippen LogP contribution in [-0.2, 0) is 19.1 Å². The third-order valence-electron chi connectivity index (χ3n) is 6.10. The van der Waals surface area contributed by atoms with Crippen LogP contribution in [0.25, 0.3) is 0 Å². The SMILES string of the molecule is CC(=O)OC1=C[C@H]2C(=C(C)C)C(=O)C[C@@H](C)[C@]2(O)[C@H]2C=C(C)C(=O)[C@@H]2C1. The summed E-state index contributed by atoms with van der Waals surface area (Å²) in [5.74, 6) is -1.89. The molecular formula is C21H26O5. The minimum atomic E-state index is -1.26. The smallest absolute Gasteiger partial charge is 0.307 e. The molecular weight excluding hydrogens is 332 g/mol. The molecule has 5 nitrogen and oxygen atoms in total. The van der Waals surface area contributed by atoms with Crippen molar-refractivity contribution in [2.24, 2.45) is 23.7 Å². The zero-order chi connectivity index (χ0) is 19.4. The maximum Gasteiger partial charge on any atom is 0.307 e. The van der Waals surface area contributed by atoms with E-state index in [2.05, 4.69) is 0 Å². The van der Waals surface area contributed by atoms with Gasteiger partial charge in [-0.15, -0.1) is 0 Å². The molecule has 1 fully saturated rings. The van der Waals surface area contributed by atoms with Gasteiger partial charge in [-0.3, -0.25) is 14.4 Å². The largest absolute Gasteiger partial charge is 0.432 e. The van der Waals surface area contributed by atoms with Crippen LogP contribution < -0.4 is 0 Å². The van der Waals surface area contributed by atoms with Crippen molar-refractivity contribution in [3.63, 3.8) is 0 Å². The van der Waals surface area contributed by atoms with Crippen LogP contribution in [0.5, 0.6) is 0 Å². The van der Waals surface area contributed by atoms with E-state index in [-0.39, 0.29) is 30.3 Å². The van der Waals surface area contributed by atoms with Crippen LogP contribution in [0.2, 0.25) is 0 Å². The van der Waals surface area contributed by atoms with E-state index in [1.807, 2.05) is 26.8 Å². The number of fused-ring (bicyclic) bond motifs is 3. The van der Waals surface area contributed by atoms with Crippen molar-refractivity contribution in [1.82, 2.24) is 0 Å². The summed E-state index contributed by atoms with van der Waals surface area (Å²) in [6, 6.07) is 0. The summed E-state index contributed by atoms with van der Waals surface area (Å²) in [4.78, 5) is 37.0. The molecule has 140 valence electrons. The molecule has 0 saturated heterocycles. The van der Waals surface area contributed by atoms with Crippen molar-refractivity contribution < 1.29 is 24.2 Å². The topological polar surface area (TPSA) is 80.7 Å². The second-order valence-electron chi connectivity index (χ2n) is 8.08. The van der Waals surface area contributed by atoms with Gasteiger partial charge in [0.2, 0.25) is 0 Å². The molecule has 5 atom stereocenters. The molecule has 26 heavy (non-hydrogen) atoms. The van der Waals surface area contributed by atoms with Gasteiger partial charge in [-0.1, -0.05) is 18.6 Å². The van der Waals surface area contributed by atoms with E-state index in [1.54, 1.807) is 13.0 Å². The van der Waals surface area contributed by atoms with Crippen LogP contribution in [0, 0.1) is 23.7 Å². The number of ether oxygens (including phenoxy) is 1. The lowest BCUT2D eigenvalue weighted by Gasteiger charge is -2.48. The molecule has 5 heteroatoms. The van der Waals surface area contributed by atoms with Crippen LogP contribution in [0.4, 0.5) is 0 Å². The number of esters is 1. The Labute approximate surface area is 153 Å². The van der Waals surface area contributed by atoms with E-state index in [4.69, 9.17) is 4.74 Å². The van der Waals surface area contributed by atoms with Gasteiger partial charge in [-0.05, 0) is 38.3 Å². The standard InChI is InChI=1S/C21H26O5/c1-10(2)19-17-9-14(26-13(5)22)8-15-16(6-11(3)20(15)24)21(17,25)12(4)7-18(19)23/h6,9,12,15-17,25H,7-8H2,1-5H3/t12-,15-,16+,17+,21+/m1/s1. The Bertz CT molecular complexity index is 780. The average molecular weight is 358 g/mol. The number of Topliss-reactive ketones (excluding diaryl/α,β-unsaturated/α-hetero) is 2. The van der Waals surface area contributed by atoms with Gasteiger partial charge < -0.3 is 9.84 Å². The maximum absolute atomic E-state index is 12.7. The average Bonchev–Trinajstić information content (AvgIpc) is 2.72. The van der Waals surface area contributed by atoms with E-state index in [1.165, 1.54) is 6.92 Å². The Morgan fingerprint density at radius 3 is 2.42 bits per heavy atom. The van der Waals surface area contributed by atoms with E-state index in [0.29, 0.717) is 16.9 Å². The van der Waals surface area contributed by atoms with Crippen LogP contribution >= 0.6 is 0 Å². The first-order valence-corrected chi connectivity index (χ1v) is 9.12. The van der Waals surface area contributed by atoms with E-state index in [0.717, 1.165) is 5.57 Å². The fourth-order valence-electron chi connectivity index (χ4n) is 4.93. The van der Waals surface area contributed by atoms with Gasteiger partial charge in [0.05, 0.1) is 5.60 Å². The maximum atomic E-state index is 12.7. The highest BCUT2D eigenvalue weighted by atomic mass is 16.5. The molecule has 0 radical (unpaired) electrons. The number of aliphatic hydroxyl groups is 1. The molecule has 0 aliphatic heterocycles. The molecule has 0 heterocycles. The molecule has 0 aromatic rings. The predicted octanol–water partition coefficient (Wildman–Crippen LogP) is 2.89. The first kappa shape index (κ1) is 18.8. The molecule has 0 spiro atoms. The fourth-order valence-corrected chi connectivity index (χ4v) is 4.93. The number of allylic oxidation sites excluding steroid dienone is 3. The first-order chi connectivity index (χ1) is 12.1. The summed E-state index contributed by atoms with van der Waals surface area (Å²) in [6.45, 7) is 8.63. The second kappa shape index (κ2) is 6.31. The van der Waals surface area contributed by atoms with Crippen LogP contribution in [0.1, 0.15) is 47.5 Å². The van der Waals surface area contributed by atoms with Crippen molar-refractivity contribution in [2.45, 2.75) is 53.1 Å². The molecule has 0 aromatic heterocycles. The lowest BCUT2D eigenvalue weighted by atomic mass is 9.59. The zero-order valence-electron chi connectivity index (χ0n) is 16.0. The van der Waals surface area contributed by atoms with Gasteiger partial charge in [-0.25, -0.2) is 0 Å². The molecule has 3 aliphatic rings. The highest BCUT2D eigenvalue weighted by molar-refractivity contribution is 6.01. The van der Waals surface area contributed by atoms with Gasteiger partial charge in [0.1, 0.15) is 5.76 Å². The molecule has 3 aliphatic carbocycles. The van der Waals surface area contributed by atoms with Gasteiger partial charge in [0, 0.05) is 43.1 Å². The number of hydrogen-bond acceptors (Lipinski definition) is 5. The molecule has 1 saturated carbocycles. The van der Waals surface area contributed by atoms with E-state index in [9.17, 15) is 19.5 Å². The van der Waals surface area contributed by atoms with Gasteiger partial charge in [0.25, 0.3) is 0 Å². The normalized spacial score (nSPS) is 36.6. The Kier molecular flexibility index (Phi) is 4.55. The Morgan fingerprint density at radius 2 is 1.85 bits per heavy atom. The third kappa shape index (κ3) is 2.69. The quantitative estimate of drug-likeness (QED) is 0.576. The van der Waals surface area contributed by atoms with Crippen LogP contribution in [0.15, 0.2) is 34.6 Å². The second-order valence-corrected chi connectivity index (χ2v) is 8.08. The fraction of sp³-hybridized carbons (Fsp3) is 0.571. The lowest BCUT2D eigenvalue weighted by molar-refractivity contribution is -0.139. The molecule has 0 bridgehead atoms. The third-order valence-corrected chi connectivity index (χ3v) is 6.10.